The molecule has 0 unspecified atom stereocenters. The van der Waals surface area contributed by atoms with E-state index in [9.17, 15) is 0 Å². The monoisotopic (exact) mass is 415 g/mol. The van der Waals surface area contributed by atoms with E-state index >= 15 is 0 Å². The van der Waals surface area contributed by atoms with Crippen LogP contribution in [0.5, 0.6) is 11.5 Å². The van der Waals surface area contributed by atoms with Crippen LogP contribution in [-0.2, 0) is 19.6 Å². The number of aromatic nitrogens is 2. The van der Waals surface area contributed by atoms with Crippen molar-refractivity contribution in [2.24, 2.45) is 0 Å². The van der Waals surface area contributed by atoms with E-state index in [4.69, 9.17) is 14.0 Å². The van der Waals surface area contributed by atoms with E-state index in [-0.39, 0.29) is 0 Å². The van der Waals surface area contributed by atoms with E-state index in [1.54, 1.807) is 14.2 Å². The van der Waals surface area contributed by atoms with Crippen LogP contribution in [0.4, 0.5) is 0 Å². The minimum absolute atomic E-state index is 0.494. The third-order valence-electron chi connectivity index (χ3n) is 4.97. The fourth-order valence-corrected chi connectivity index (χ4v) is 3.45. The summed E-state index contributed by atoms with van der Waals surface area (Å²) in [6.45, 7) is 2.09. The number of ether oxygens (including phenoxy) is 2. The Hall–Kier alpha value is -3.64. The van der Waals surface area contributed by atoms with Crippen molar-refractivity contribution in [1.29, 1.82) is 0 Å². The Labute approximate surface area is 182 Å². The molecular weight excluding hydrogens is 390 g/mol. The quantitative estimate of drug-likeness (QED) is 0.385. The molecule has 0 aliphatic heterocycles. The SMILES string of the molecule is COc1ccc(-c2noc(CN(Cc3ccccc3)Cc3ccccc3)n2)c(OC)c1. The van der Waals surface area contributed by atoms with Gasteiger partial charge in [-0.3, -0.25) is 4.90 Å². The van der Waals surface area contributed by atoms with Crippen molar-refractivity contribution in [3.63, 3.8) is 0 Å². The summed E-state index contributed by atoms with van der Waals surface area (Å²) >= 11 is 0. The molecule has 0 saturated heterocycles. The fraction of sp³-hybridized carbons (Fsp3) is 0.200. The van der Waals surface area contributed by atoms with E-state index in [2.05, 4.69) is 63.6 Å². The maximum Gasteiger partial charge on any atom is 0.241 e. The van der Waals surface area contributed by atoms with Crippen LogP contribution in [-0.4, -0.2) is 29.3 Å². The van der Waals surface area contributed by atoms with Gasteiger partial charge in [0.15, 0.2) is 0 Å². The van der Waals surface area contributed by atoms with Gasteiger partial charge in [0.1, 0.15) is 11.5 Å². The molecule has 31 heavy (non-hydrogen) atoms. The van der Waals surface area contributed by atoms with Gasteiger partial charge in [-0.05, 0) is 23.3 Å². The van der Waals surface area contributed by atoms with Crippen molar-refractivity contribution >= 4 is 0 Å². The summed E-state index contributed by atoms with van der Waals surface area (Å²) in [5.74, 6) is 2.40. The molecule has 0 N–H and O–H groups in total. The van der Waals surface area contributed by atoms with Gasteiger partial charge in [-0.15, -0.1) is 0 Å². The lowest BCUT2D eigenvalue weighted by molar-refractivity contribution is 0.211. The zero-order valence-corrected chi connectivity index (χ0v) is 17.7. The lowest BCUT2D eigenvalue weighted by Gasteiger charge is -2.20. The van der Waals surface area contributed by atoms with Crippen molar-refractivity contribution in [1.82, 2.24) is 15.0 Å². The van der Waals surface area contributed by atoms with Crippen LogP contribution >= 0.6 is 0 Å². The molecule has 0 amide bonds. The van der Waals surface area contributed by atoms with Crippen molar-refractivity contribution in [2.45, 2.75) is 19.6 Å². The summed E-state index contributed by atoms with van der Waals surface area (Å²) in [7, 11) is 3.23. The Morgan fingerprint density at radius 1 is 0.774 bits per heavy atom. The van der Waals surface area contributed by atoms with E-state index in [0.29, 0.717) is 29.8 Å². The first kappa shape index (κ1) is 20.6. The highest BCUT2D eigenvalue weighted by molar-refractivity contribution is 5.65. The van der Waals surface area contributed by atoms with Crippen molar-refractivity contribution in [3.05, 3.63) is 95.9 Å². The summed E-state index contributed by atoms with van der Waals surface area (Å²) in [5.41, 5.74) is 3.22. The zero-order valence-electron chi connectivity index (χ0n) is 17.7. The highest BCUT2D eigenvalue weighted by atomic mass is 16.5. The van der Waals surface area contributed by atoms with E-state index < -0.39 is 0 Å². The van der Waals surface area contributed by atoms with E-state index in [1.165, 1.54) is 11.1 Å². The van der Waals surface area contributed by atoms with Gasteiger partial charge in [0.25, 0.3) is 0 Å². The summed E-state index contributed by atoms with van der Waals surface area (Å²) in [6.07, 6.45) is 0. The van der Waals surface area contributed by atoms with Gasteiger partial charge in [0.05, 0.1) is 26.3 Å². The van der Waals surface area contributed by atoms with Gasteiger partial charge in [-0.25, -0.2) is 0 Å². The average Bonchev–Trinajstić information content (AvgIpc) is 3.28. The second-order valence-corrected chi connectivity index (χ2v) is 7.19. The van der Waals surface area contributed by atoms with Gasteiger partial charge in [0.2, 0.25) is 11.7 Å². The van der Waals surface area contributed by atoms with Crippen molar-refractivity contribution in [2.75, 3.05) is 14.2 Å². The minimum Gasteiger partial charge on any atom is -0.497 e. The lowest BCUT2D eigenvalue weighted by Crippen LogP contribution is -2.22. The number of hydrogen-bond donors (Lipinski definition) is 0. The van der Waals surface area contributed by atoms with E-state index in [1.807, 2.05) is 30.3 Å². The fourth-order valence-electron chi connectivity index (χ4n) is 3.45. The third-order valence-corrected chi connectivity index (χ3v) is 4.97. The second kappa shape index (κ2) is 9.91. The molecule has 0 saturated carbocycles. The Morgan fingerprint density at radius 2 is 1.42 bits per heavy atom. The Kier molecular flexibility index (Phi) is 6.59. The van der Waals surface area contributed by atoms with Crippen LogP contribution in [0.1, 0.15) is 17.0 Å². The van der Waals surface area contributed by atoms with Crippen molar-refractivity contribution < 1.29 is 14.0 Å². The van der Waals surface area contributed by atoms with Crippen molar-refractivity contribution in [3.8, 4) is 22.9 Å². The molecule has 6 nitrogen and oxygen atoms in total. The highest BCUT2D eigenvalue weighted by Gasteiger charge is 2.17. The Bertz CT molecular complexity index is 1060. The summed E-state index contributed by atoms with van der Waals surface area (Å²) in [5, 5.41) is 4.18. The zero-order chi connectivity index (χ0) is 21.5. The van der Waals surface area contributed by atoms with Crippen LogP contribution < -0.4 is 9.47 Å². The number of hydrogen-bond acceptors (Lipinski definition) is 6. The molecule has 158 valence electrons. The van der Waals surface area contributed by atoms with E-state index in [0.717, 1.165) is 18.7 Å². The summed E-state index contributed by atoms with van der Waals surface area (Å²) < 4.78 is 16.3. The van der Waals surface area contributed by atoms with Gasteiger partial charge in [-0.2, -0.15) is 4.98 Å². The number of nitrogens with zero attached hydrogens (tertiary/aromatic N) is 3. The largest absolute Gasteiger partial charge is 0.497 e. The maximum atomic E-state index is 5.59. The second-order valence-electron chi connectivity index (χ2n) is 7.19. The maximum absolute atomic E-state index is 5.59. The normalized spacial score (nSPS) is 10.9. The number of rotatable bonds is 9. The number of benzene rings is 3. The molecule has 0 bridgehead atoms. The molecule has 0 fully saturated rings. The van der Waals surface area contributed by atoms with Crippen LogP contribution in [0.3, 0.4) is 0 Å². The average molecular weight is 415 g/mol. The van der Waals surface area contributed by atoms with Crippen LogP contribution in [0, 0.1) is 0 Å². The molecule has 0 spiro atoms. The van der Waals surface area contributed by atoms with Gasteiger partial charge in [-0.1, -0.05) is 65.8 Å². The topological polar surface area (TPSA) is 60.6 Å². The molecule has 0 aliphatic carbocycles. The first-order chi connectivity index (χ1) is 15.2. The molecular formula is C25H25N3O3. The molecule has 4 rings (SSSR count). The Morgan fingerprint density at radius 3 is 2.00 bits per heavy atom. The first-order valence-corrected chi connectivity index (χ1v) is 10.1. The molecule has 0 aliphatic rings. The smallest absolute Gasteiger partial charge is 0.241 e. The van der Waals surface area contributed by atoms with Crippen LogP contribution in [0.25, 0.3) is 11.4 Å². The predicted molar refractivity (Wildman–Crippen MR) is 119 cm³/mol. The van der Waals surface area contributed by atoms with Crippen LogP contribution in [0.2, 0.25) is 0 Å². The molecule has 1 aromatic heterocycles. The lowest BCUT2D eigenvalue weighted by atomic mass is 10.1. The first-order valence-electron chi connectivity index (χ1n) is 10.1. The third kappa shape index (κ3) is 5.29. The van der Waals surface area contributed by atoms with Gasteiger partial charge in [0, 0.05) is 19.2 Å². The molecule has 1 heterocycles. The highest BCUT2D eigenvalue weighted by Crippen LogP contribution is 2.31. The molecule has 6 heteroatoms. The Balaban J connectivity index is 1.55. The predicted octanol–water partition coefficient (Wildman–Crippen LogP) is 4.96. The summed E-state index contributed by atoms with van der Waals surface area (Å²) in [4.78, 5) is 6.91. The molecule has 0 atom stereocenters. The molecule has 4 aromatic rings. The molecule has 3 aromatic carbocycles. The molecule has 0 radical (unpaired) electrons. The minimum atomic E-state index is 0.494. The standard InChI is InChI=1S/C25H25N3O3/c1-29-21-13-14-22(23(15-21)30-2)25-26-24(31-27-25)18-28(16-19-9-5-3-6-10-19)17-20-11-7-4-8-12-20/h3-15H,16-18H2,1-2H3. The van der Waals surface area contributed by atoms with Gasteiger partial charge < -0.3 is 14.0 Å². The number of methoxy groups -OCH3 is 2. The summed E-state index contributed by atoms with van der Waals surface area (Å²) in [6, 6.07) is 26.3. The van der Waals surface area contributed by atoms with Gasteiger partial charge >= 0.3 is 0 Å². The van der Waals surface area contributed by atoms with Crippen LogP contribution in [0.15, 0.2) is 83.4 Å².